The van der Waals surface area contributed by atoms with Gasteiger partial charge in [-0.15, -0.1) is 0 Å². The number of carboxylic acid groups (broad SMARTS) is 1. The van der Waals surface area contributed by atoms with E-state index in [4.69, 9.17) is 9.84 Å². The fourth-order valence-electron chi connectivity index (χ4n) is 0.955. The summed E-state index contributed by atoms with van der Waals surface area (Å²) in [5, 5.41) is 19.5. The van der Waals surface area contributed by atoms with E-state index in [1.165, 1.54) is 31.4 Å². The van der Waals surface area contributed by atoms with Gasteiger partial charge in [0, 0.05) is 6.08 Å². The van der Waals surface area contributed by atoms with Crippen LogP contribution in [0.1, 0.15) is 5.56 Å². The lowest BCUT2D eigenvalue weighted by molar-refractivity contribution is -0.270. The SMILES string of the molecule is COc1cc(/C=C/C(=O)O)ccc1[O-].O.[NH4+]. The fraction of sp³-hybridized carbons (Fsp3) is 0.100. The van der Waals surface area contributed by atoms with E-state index in [1.807, 2.05) is 0 Å². The maximum atomic E-state index is 11.1. The predicted octanol–water partition coefficient (Wildman–Crippen LogP) is 0.418. The summed E-state index contributed by atoms with van der Waals surface area (Å²) in [5.74, 6) is -1.05. The van der Waals surface area contributed by atoms with E-state index in [0.717, 1.165) is 6.08 Å². The molecule has 0 bridgehead atoms. The summed E-state index contributed by atoms with van der Waals surface area (Å²) in [5.41, 5.74) is 0.615. The van der Waals surface area contributed by atoms with Crippen LogP contribution in [0.3, 0.4) is 0 Å². The minimum Gasteiger partial charge on any atom is -0.870 e. The molecule has 0 amide bonds. The second-order valence-electron chi connectivity index (χ2n) is 2.58. The molecule has 0 aromatic heterocycles. The number of quaternary nitrogens is 1. The average molecular weight is 229 g/mol. The van der Waals surface area contributed by atoms with Crippen molar-refractivity contribution in [1.29, 1.82) is 0 Å². The molecule has 7 N–H and O–H groups in total. The highest BCUT2D eigenvalue weighted by Gasteiger charge is 1.94. The van der Waals surface area contributed by atoms with Crippen LogP contribution in [0.4, 0.5) is 0 Å². The Kier molecular flexibility index (Phi) is 7.44. The van der Waals surface area contributed by atoms with Crippen LogP contribution in [0.15, 0.2) is 24.3 Å². The average Bonchev–Trinajstić information content (AvgIpc) is 2.16. The topological polar surface area (TPSA) is 138 Å². The van der Waals surface area contributed by atoms with Gasteiger partial charge in [0.25, 0.3) is 0 Å². The molecule has 90 valence electrons. The lowest BCUT2D eigenvalue weighted by Gasteiger charge is -2.11. The van der Waals surface area contributed by atoms with Crippen molar-refractivity contribution in [1.82, 2.24) is 6.15 Å². The molecule has 16 heavy (non-hydrogen) atoms. The molecule has 0 unspecified atom stereocenters. The number of hydrogen-bond donors (Lipinski definition) is 2. The first-order chi connectivity index (χ1) is 6.63. The smallest absolute Gasteiger partial charge is 0.328 e. The standard InChI is InChI=1S/C10H10O4.H3N.H2O/c1-14-9-6-7(2-4-8(9)11)3-5-10(12)13;;/h2-6,11H,1H3,(H,12,13);1H3;1H2/b5-3+;;. The minimum absolute atomic E-state index is 0. The van der Waals surface area contributed by atoms with Gasteiger partial charge in [0.1, 0.15) is 5.75 Å². The van der Waals surface area contributed by atoms with E-state index in [9.17, 15) is 9.90 Å². The molecule has 0 aliphatic heterocycles. The Morgan fingerprint density at radius 1 is 1.50 bits per heavy atom. The molecule has 0 saturated heterocycles. The molecule has 0 atom stereocenters. The molecule has 1 aromatic rings. The molecular formula is C10H15NO5. The summed E-state index contributed by atoms with van der Waals surface area (Å²) < 4.78 is 4.80. The lowest BCUT2D eigenvalue weighted by Crippen LogP contribution is -1.95. The van der Waals surface area contributed by atoms with Gasteiger partial charge in [-0.2, -0.15) is 0 Å². The van der Waals surface area contributed by atoms with Crippen LogP contribution in [0.5, 0.6) is 11.5 Å². The van der Waals surface area contributed by atoms with Crippen molar-refractivity contribution in [3.05, 3.63) is 29.8 Å². The lowest BCUT2D eigenvalue weighted by atomic mass is 10.2. The molecule has 0 heterocycles. The second-order valence-corrected chi connectivity index (χ2v) is 2.58. The van der Waals surface area contributed by atoms with Crippen LogP contribution in [0, 0.1) is 0 Å². The number of carboxylic acids is 1. The highest BCUT2D eigenvalue weighted by molar-refractivity contribution is 5.85. The zero-order valence-corrected chi connectivity index (χ0v) is 9.06. The molecule has 1 rings (SSSR count). The van der Waals surface area contributed by atoms with Crippen molar-refractivity contribution in [2.75, 3.05) is 7.11 Å². The van der Waals surface area contributed by atoms with Gasteiger partial charge in [-0.05, 0) is 17.7 Å². The Morgan fingerprint density at radius 2 is 2.12 bits per heavy atom. The van der Waals surface area contributed by atoms with Crippen LogP contribution < -0.4 is 16.0 Å². The molecule has 0 fully saturated rings. The number of carbonyl (C=O) groups is 1. The van der Waals surface area contributed by atoms with E-state index in [1.54, 1.807) is 0 Å². The van der Waals surface area contributed by atoms with Crippen LogP contribution in [0.25, 0.3) is 6.08 Å². The van der Waals surface area contributed by atoms with Gasteiger partial charge in [0.05, 0.1) is 7.11 Å². The van der Waals surface area contributed by atoms with Gasteiger partial charge in [0.2, 0.25) is 0 Å². The van der Waals surface area contributed by atoms with E-state index in [2.05, 4.69) is 0 Å². The van der Waals surface area contributed by atoms with Crippen LogP contribution in [-0.4, -0.2) is 23.7 Å². The quantitative estimate of drug-likeness (QED) is 0.725. The maximum absolute atomic E-state index is 11.1. The molecule has 0 radical (unpaired) electrons. The predicted molar refractivity (Wildman–Crippen MR) is 58.7 cm³/mol. The monoisotopic (exact) mass is 229 g/mol. The summed E-state index contributed by atoms with van der Waals surface area (Å²) in [7, 11) is 1.39. The minimum atomic E-state index is -1.03. The summed E-state index contributed by atoms with van der Waals surface area (Å²) in [4.78, 5) is 10.2. The van der Waals surface area contributed by atoms with Crippen molar-refractivity contribution >= 4 is 12.0 Å². The van der Waals surface area contributed by atoms with Gasteiger partial charge in [-0.25, -0.2) is 4.79 Å². The first-order valence-electron chi connectivity index (χ1n) is 3.89. The van der Waals surface area contributed by atoms with Crippen LogP contribution >= 0.6 is 0 Å². The van der Waals surface area contributed by atoms with E-state index >= 15 is 0 Å². The third-order valence-electron chi connectivity index (χ3n) is 1.61. The third kappa shape index (κ3) is 4.45. The molecule has 6 nitrogen and oxygen atoms in total. The number of aliphatic carboxylic acids is 1. The van der Waals surface area contributed by atoms with Crippen molar-refractivity contribution < 1.29 is 25.2 Å². The summed E-state index contributed by atoms with van der Waals surface area (Å²) in [6.07, 6.45) is 2.39. The molecule has 0 aliphatic carbocycles. The van der Waals surface area contributed by atoms with Gasteiger partial charge in [-0.1, -0.05) is 17.9 Å². The van der Waals surface area contributed by atoms with Crippen LogP contribution in [-0.2, 0) is 4.79 Å². The summed E-state index contributed by atoms with van der Waals surface area (Å²) in [6.45, 7) is 0. The zero-order valence-electron chi connectivity index (χ0n) is 9.06. The third-order valence-corrected chi connectivity index (χ3v) is 1.61. The largest absolute Gasteiger partial charge is 0.870 e. The van der Waals surface area contributed by atoms with Gasteiger partial charge >= 0.3 is 5.97 Å². The Balaban J connectivity index is 0. The van der Waals surface area contributed by atoms with Crippen molar-refractivity contribution in [3.63, 3.8) is 0 Å². The Hall–Kier alpha value is -2.05. The van der Waals surface area contributed by atoms with Crippen molar-refractivity contribution in [2.24, 2.45) is 0 Å². The molecule has 0 aliphatic rings. The summed E-state index contributed by atoms with van der Waals surface area (Å²) in [6, 6.07) is 4.35. The number of methoxy groups -OCH3 is 1. The molecule has 6 heteroatoms. The zero-order chi connectivity index (χ0) is 10.6. The van der Waals surface area contributed by atoms with Crippen LogP contribution in [0.2, 0.25) is 0 Å². The first-order valence-corrected chi connectivity index (χ1v) is 3.89. The van der Waals surface area contributed by atoms with Crippen molar-refractivity contribution in [3.8, 4) is 11.5 Å². The molecular weight excluding hydrogens is 214 g/mol. The number of ether oxygens (including phenoxy) is 1. The van der Waals surface area contributed by atoms with Gasteiger partial charge in [-0.3, -0.25) is 0 Å². The summed E-state index contributed by atoms with van der Waals surface area (Å²) >= 11 is 0. The van der Waals surface area contributed by atoms with Gasteiger partial charge < -0.3 is 26.6 Å². The number of rotatable bonds is 3. The number of benzene rings is 1. The molecule has 0 saturated carbocycles. The second kappa shape index (κ2) is 7.27. The van der Waals surface area contributed by atoms with Gasteiger partial charge in [0.15, 0.2) is 0 Å². The Labute approximate surface area is 92.7 Å². The maximum Gasteiger partial charge on any atom is 0.328 e. The molecule has 0 spiro atoms. The molecule has 1 aromatic carbocycles. The highest BCUT2D eigenvalue weighted by atomic mass is 16.5. The normalized spacial score (nSPS) is 9.06. The van der Waals surface area contributed by atoms with E-state index < -0.39 is 5.97 Å². The van der Waals surface area contributed by atoms with Crippen molar-refractivity contribution in [2.45, 2.75) is 0 Å². The number of hydrogen-bond acceptors (Lipinski definition) is 3. The highest BCUT2D eigenvalue weighted by Crippen LogP contribution is 2.24. The fourth-order valence-corrected chi connectivity index (χ4v) is 0.955. The Bertz CT molecular complexity index is 375. The van der Waals surface area contributed by atoms with E-state index in [-0.39, 0.29) is 23.1 Å². The van der Waals surface area contributed by atoms with E-state index in [0.29, 0.717) is 5.56 Å². The Morgan fingerprint density at radius 3 is 2.62 bits per heavy atom. The first kappa shape index (κ1) is 16.4.